The molecule has 1 aliphatic heterocycles. The molecule has 2 N–H and O–H groups in total. The van der Waals surface area contributed by atoms with Gasteiger partial charge in [-0.25, -0.2) is 0 Å². The van der Waals surface area contributed by atoms with Gasteiger partial charge in [-0.1, -0.05) is 42.0 Å². The molecule has 1 amide bonds. The quantitative estimate of drug-likeness (QED) is 0.315. The Labute approximate surface area is 202 Å². The summed E-state index contributed by atoms with van der Waals surface area (Å²) in [6, 6.07) is 16.8. The number of methoxy groups -OCH3 is 1. The Morgan fingerprint density at radius 1 is 1.03 bits per heavy atom. The van der Waals surface area contributed by atoms with Crippen molar-refractivity contribution in [3.05, 3.63) is 59.7 Å². The summed E-state index contributed by atoms with van der Waals surface area (Å²) in [5.74, 6) is 0.626. The molecule has 1 heterocycles. The van der Waals surface area contributed by atoms with Crippen molar-refractivity contribution in [2.45, 2.75) is 58.3 Å². The molecule has 0 aromatic heterocycles. The van der Waals surface area contributed by atoms with Crippen LogP contribution >= 0.6 is 9.24 Å². The van der Waals surface area contributed by atoms with E-state index in [4.69, 9.17) is 10.5 Å². The minimum absolute atomic E-state index is 0.291. The zero-order chi connectivity index (χ0) is 24.3. The van der Waals surface area contributed by atoms with E-state index in [1.807, 2.05) is 24.3 Å². The molecule has 0 spiro atoms. The van der Waals surface area contributed by atoms with Crippen molar-refractivity contribution in [1.82, 2.24) is 4.90 Å². The van der Waals surface area contributed by atoms with Crippen LogP contribution in [-0.4, -0.2) is 43.8 Å². The number of rotatable bonds is 10. The van der Waals surface area contributed by atoms with E-state index in [0.29, 0.717) is 12.8 Å². The highest BCUT2D eigenvalue weighted by molar-refractivity contribution is 7.27. The Morgan fingerprint density at radius 2 is 1.67 bits per heavy atom. The second-order valence-corrected chi connectivity index (χ2v) is 8.96. The predicted molar refractivity (Wildman–Crippen MR) is 141 cm³/mol. The van der Waals surface area contributed by atoms with E-state index in [2.05, 4.69) is 45.3 Å². The Kier molecular flexibility index (Phi) is 15.9. The van der Waals surface area contributed by atoms with Crippen molar-refractivity contribution in [1.29, 1.82) is 0 Å². The maximum Gasteiger partial charge on any atom is 0.217 e. The minimum Gasteiger partial charge on any atom is -0.497 e. The zero-order valence-electron chi connectivity index (χ0n) is 20.3. The molecule has 0 bridgehead atoms. The Hall–Kier alpha value is -2.23. The molecular formula is C27H41N2O3P. The van der Waals surface area contributed by atoms with Gasteiger partial charge in [0.2, 0.25) is 5.91 Å². The van der Waals surface area contributed by atoms with E-state index in [1.54, 1.807) is 7.11 Å². The fraction of sp³-hybridized carbons (Fsp3) is 0.481. The molecule has 1 unspecified atom stereocenters. The van der Waals surface area contributed by atoms with Crippen molar-refractivity contribution in [3.63, 3.8) is 0 Å². The van der Waals surface area contributed by atoms with Crippen LogP contribution in [0.15, 0.2) is 48.5 Å². The predicted octanol–water partition coefficient (Wildman–Crippen LogP) is 4.45. The van der Waals surface area contributed by atoms with Gasteiger partial charge in [-0.15, -0.1) is 9.24 Å². The van der Waals surface area contributed by atoms with E-state index in [0.717, 1.165) is 24.9 Å². The molecule has 182 valence electrons. The summed E-state index contributed by atoms with van der Waals surface area (Å²) in [6.45, 7) is 5.98. The highest BCUT2D eigenvalue weighted by atomic mass is 31.0. The first-order chi connectivity index (χ1) is 15.9. The monoisotopic (exact) mass is 472 g/mol. The number of aldehydes is 1. The van der Waals surface area contributed by atoms with Gasteiger partial charge in [0.15, 0.2) is 0 Å². The SMILES string of the molecule is COc1ccc(C)cc1.NC(=O)CCCCC=O.Pc1ccc(CCCN2CCCC2)cc1. The number of likely N-dealkylation sites (tertiary alicyclic amines) is 1. The smallest absolute Gasteiger partial charge is 0.217 e. The number of unbranched alkanes of at least 4 members (excludes halogenated alkanes) is 2. The summed E-state index contributed by atoms with van der Waals surface area (Å²) in [6.07, 6.45) is 8.61. The molecule has 3 rings (SSSR count). The highest BCUT2D eigenvalue weighted by Crippen LogP contribution is 2.10. The Bertz CT molecular complexity index is 773. The molecule has 0 aliphatic carbocycles. The van der Waals surface area contributed by atoms with Crippen LogP contribution in [0, 0.1) is 6.92 Å². The van der Waals surface area contributed by atoms with Crippen LogP contribution in [0.3, 0.4) is 0 Å². The number of carbonyl (C=O) groups excluding carboxylic acids is 2. The number of ether oxygens (including phenoxy) is 1. The van der Waals surface area contributed by atoms with Gasteiger partial charge in [0.25, 0.3) is 0 Å². The number of primary amides is 1. The van der Waals surface area contributed by atoms with Gasteiger partial charge in [-0.05, 0) is 88.1 Å². The van der Waals surface area contributed by atoms with Crippen LogP contribution in [0.1, 0.15) is 56.1 Å². The van der Waals surface area contributed by atoms with Gasteiger partial charge in [-0.3, -0.25) is 4.79 Å². The summed E-state index contributed by atoms with van der Waals surface area (Å²) in [5.41, 5.74) is 7.58. The van der Waals surface area contributed by atoms with Crippen molar-refractivity contribution in [2.24, 2.45) is 5.73 Å². The molecule has 0 radical (unpaired) electrons. The van der Waals surface area contributed by atoms with Gasteiger partial charge >= 0.3 is 0 Å². The standard InChI is InChI=1S/C13H20NP.C8H10O.C6H11NO2/c15-13-7-5-12(6-8-13)4-3-11-14-9-1-2-10-14;1-7-3-5-8(9-2)6-4-7;7-6(9)4-2-1-3-5-8/h5-8H,1-4,9-11,15H2;3-6H,1-2H3;5H,1-4H2,(H2,7,9). The van der Waals surface area contributed by atoms with Gasteiger partial charge in [0, 0.05) is 12.8 Å². The van der Waals surface area contributed by atoms with Crippen molar-refractivity contribution >= 4 is 26.7 Å². The highest BCUT2D eigenvalue weighted by Gasteiger charge is 2.10. The summed E-state index contributed by atoms with van der Waals surface area (Å²) >= 11 is 0. The van der Waals surface area contributed by atoms with Crippen LogP contribution in [0.4, 0.5) is 0 Å². The number of hydrogen-bond acceptors (Lipinski definition) is 4. The average Bonchev–Trinajstić information content (AvgIpc) is 3.33. The third-order valence-electron chi connectivity index (χ3n) is 5.37. The first kappa shape index (κ1) is 28.8. The molecule has 0 saturated carbocycles. The zero-order valence-corrected chi connectivity index (χ0v) is 21.5. The van der Waals surface area contributed by atoms with E-state index < -0.39 is 0 Å². The lowest BCUT2D eigenvalue weighted by Crippen LogP contribution is -2.20. The molecule has 6 heteroatoms. The lowest BCUT2D eigenvalue weighted by molar-refractivity contribution is -0.118. The van der Waals surface area contributed by atoms with Crippen molar-refractivity contribution < 1.29 is 14.3 Å². The van der Waals surface area contributed by atoms with E-state index >= 15 is 0 Å². The largest absolute Gasteiger partial charge is 0.497 e. The average molecular weight is 473 g/mol. The molecule has 2 aromatic carbocycles. The van der Waals surface area contributed by atoms with Crippen LogP contribution < -0.4 is 15.8 Å². The normalized spacial score (nSPS) is 12.7. The number of nitrogens with two attached hydrogens (primary N) is 1. The fourth-order valence-corrected chi connectivity index (χ4v) is 3.59. The van der Waals surface area contributed by atoms with Crippen molar-refractivity contribution in [2.75, 3.05) is 26.7 Å². The second kappa shape index (κ2) is 18.2. The van der Waals surface area contributed by atoms with Gasteiger partial charge in [-0.2, -0.15) is 0 Å². The molecular weight excluding hydrogens is 431 g/mol. The number of carbonyl (C=O) groups is 2. The fourth-order valence-electron chi connectivity index (χ4n) is 3.40. The minimum atomic E-state index is -0.291. The summed E-state index contributed by atoms with van der Waals surface area (Å²) in [5, 5.41) is 1.28. The third kappa shape index (κ3) is 15.3. The molecule has 1 fully saturated rings. The molecule has 1 atom stereocenters. The number of benzene rings is 2. The van der Waals surface area contributed by atoms with Crippen LogP contribution in [0.5, 0.6) is 5.75 Å². The molecule has 1 aliphatic rings. The van der Waals surface area contributed by atoms with Crippen LogP contribution in [-0.2, 0) is 16.0 Å². The molecule has 33 heavy (non-hydrogen) atoms. The maximum absolute atomic E-state index is 10.1. The summed E-state index contributed by atoms with van der Waals surface area (Å²) in [7, 11) is 4.40. The number of hydrogen-bond donors (Lipinski definition) is 1. The van der Waals surface area contributed by atoms with Gasteiger partial charge in [0.1, 0.15) is 12.0 Å². The lowest BCUT2D eigenvalue weighted by atomic mass is 10.1. The van der Waals surface area contributed by atoms with Crippen LogP contribution in [0.2, 0.25) is 0 Å². The number of aryl methyl sites for hydroxylation is 2. The molecule has 2 aromatic rings. The maximum atomic E-state index is 10.1. The first-order valence-corrected chi connectivity index (χ1v) is 12.4. The van der Waals surface area contributed by atoms with Crippen molar-refractivity contribution in [3.8, 4) is 5.75 Å². The van der Waals surface area contributed by atoms with Crippen LogP contribution in [0.25, 0.3) is 0 Å². The summed E-state index contributed by atoms with van der Waals surface area (Å²) < 4.78 is 4.97. The third-order valence-corrected chi connectivity index (χ3v) is 5.75. The Morgan fingerprint density at radius 3 is 2.21 bits per heavy atom. The van der Waals surface area contributed by atoms with E-state index in [9.17, 15) is 9.59 Å². The number of amides is 1. The second-order valence-electron chi connectivity index (χ2n) is 8.29. The van der Waals surface area contributed by atoms with Gasteiger partial charge in [0.05, 0.1) is 7.11 Å². The Balaban J connectivity index is 0.000000264. The van der Waals surface area contributed by atoms with E-state index in [1.165, 1.54) is 61.7 Å². The molecule has 1 saturated heterocycles. The topological polar surface area (TPSA) is 72.6 Å². The lowest BCUT2D eigenvalue weighted by Gasteiger charge is -2.13. The van der Waals surface area contributed by atoms with Gasteiger partial charge < -0.3 is 20.2 Å². The summed E-state index contributed by atoms with van der Waals surface area (Å²) in [4.78, 5) is 22.4. The first-order valence-electron chi connectivity index (χ1n) is 11.8. The molecule has 5 nitrogen and oxygen atoms in total. The van der Waals surface area contributed by atoms with E-state index in [-0.39, 0.29) is 5.91 Å². The number of nitrogens with zero attached hydrogens (tertiary/aromatic N) is 1.